The van der Waals surface area contributed by atoms with Gasteiger partial charge in [-0.25, -0.2) is 0 Å². The molecule has 0 aromatic carbocycles. The average Bonchev–Trinajstić information content (AvgIpc) is 3.18. The Hall–Kier alpha value is -0.530. The smallest absolute Gasteiger partial charge is 0.132 e. The lowest BCUT2D eigenvalue weighted by Crippen LogP contribution is -2.37. The van der Waals surface area contributed by atoms with Gasteiger partial charge in [-0.05, 0) is 137 Å². The lowest BCUT2D eigenvalue weighted by atomic mass is 9.68. The van der Waals surface area contributed by atoms with Crippen LogP contribution in [0, 0.1) is 21.7 Å². The Morgan fingerprint density at radius 3 is 1.00 bits per heavy atom. The summed E-state index contributed by atoms with van der Waals surface area (Å²) in [7, 11) is 0. The first-order valence-corrected chi connectivity index (χ1v) is 23.0. The van der Waals surface area contributed by atoms with E-state index in [9.17, 15) is 4.79 Å². The van der Waals surface area contributed by atoms with Crippen LogP contribution in [0.2, 0.25) is 0 Å². The Labute approximate surface area is 322 Å². The second kappa shape index (κ2) is 28.0. The van der Waals surface area contributed by atoms with Crippen molar-refractivity contribution in [3.8, 4) is 0 Å². The number of nitrogens with one attached hydrogen (secondary N) is 1. The van der Waals surface area contributed by atoms with E-state index in [4.69, 9.17) is 20.4 Å². The predicted molar refractivity (Wildman–Crippen MR) is 220 cm³/mol. The van der Waals surface area contributed by atoms with Crippen LogP contribution < -0.4 is 5.32 Å². The Balaban J connectivity index is 0.000000227. The maximum atomic E-state index is 10.5. The highest BCUT2D eigenvalue weighted by Gasteiger charge is 2.33. The molecule has 5 N–H and O–H groups in total. The van der Waals surface area contributed by atoms with E-state index in [0.29, 0.717) is 5.78 Å². The molecule has 6 rings (SSSR count). The Morgan fingerprint density at radius 1 is 0.423 bits per heavy atom. The molecule has 6 nitrogen and oxygen atoms in total. The lowest BCUT2D eigenvalue weighted by Gasteiger charge is -2.40. The van der Waals surface area contributed by atoms with E-state index in [2.05, 4.69) is 19.2 Å². The molecule has 0 aromatic rings. The number of carbonyl (C=O) groups is 1. The summed E-state index contributed by atoms with van der Waals surface area (Å²) in [6, 6.07) is 0. The highest BCUT2D eigenvalue weighted by Crippen LogP contribution is 2.44. The van der Waals surface area contributed by atoms with E-state index in [1.807, 2.05) is 0 Å². The quantitative estimate of drug-likeness (QED) is 0.153. The van der Waals surface area contributed by atoms with Crippen LogP contribution in [0.1, 0.15) is 226 Å². The zero-order valence-electron chi connectivity index (χ0n) is 34.8. The molecule has 1 spiro atoms. The molecule has 0 radical (unpaired) electrons. The van der Waals surface area contributed by atoms with Crippen LogP contribution in [-0.4, -0.2) is 65.7 Å². The molecule has 5 aliphatic carbocycles. The molecule has 1 saturated heterocycles. The van der Waals surface area contributed by atoms with E-state index in [1.54, 1.807) is 0 Å². The van der Waals surface area contributed by atoms with E-state index in [1.165, 1.54) is 174 Å². The molecule has 308 valence electrons. The van der Waals surface area contributed by atoms with Crippen LogP contribution in [0.25, 0.3) is 0 Å². The van der Waals surface area contributed by atoms with Crippen LogP contribution in [0.3, 0.4) is 0 Å². The molecule has 6 fully saturated rings. The Bertz CT molecular complexity index is 752. The van der Waals surface area contributed by atoms with E-state index >= 15 is 0 Å². The molecule has 0 aromatic heterocycles. The number of aliphatic hydroxyl groups excluding tert-OH is 4. The standard InChI is InChI=1S/C10H19N.2C10H20O2.C10H20.C6H10O/c1-2-4-10(5-3-1)6-8-11-9-7-10;2*11-8-6-10(7-9-12)4-2-1-3-5-10;1-3-10(4-2)8-6-5-7-9-10;7-6-4-2-1-3-5-6/h11H,1-9H2;2*11-12H,1-9H2;3-9H2,1-2H3;1-5H2. The average molecular weight is 736 g/mol. The minimum Gasteiger partial charge on any atom is -0.396 e. The van der Waals surface area contributed by atoms with Gasteiger partial charge in [0.05, 0.1) is 0 Å². The van der Waals surface area contributed by atoms with Crippen molar-refractivity contribution in [1.82, 2.24) is 5.32 Å². The van der Waals surface area contributed by atoms with Gasteiger partial charge in [0.2, 0.25) is 0 Å². The second-order valence-electron chi connectivity index (χ2n) is 18.2. The van der Waals surface area contributed by atoms with Crippen molar-refractivity contribution in [2.45, 2.75) is 226 Å². The Morgan fingerprint density at radius 2 is 0.731 bits per heavy atom. The fourth-order valence-electron chi connectivity index (χ4n) is 10.8. The van der Waals surface area contributed by atoms with Gasteiger partial charge in [-0.15, -0.1) is 0 Å². The molecule has 0 amide bonds. The number of hydrogen-bond acceptors (Lipinski definition) is 6. The fourth-order valence-corrected chi connectivity index (χ4v) is 10.8. The first-order chi connectivity index (χ1) is 25.3. The predicted octanol–water partition coefficient (Wildman–Crippen LogP) is 11.0. The van der Waals surface area contributed by atoms with Gasteiger partial charge in [0.25, 0.3) is 0 Å². The van der Waals surface area contributed by atoms with E-state index < -0.39 is 0 Å². The van der Waals surface area contributed by atoms with Crippen molar-refractivity contribution in [3.63, 3.8) is 0 Å². The van der Waals surface area contributed by atoms with Crippen LogP contribution in [0.4, 0.5) is 0 Å². The van der Waals surface area contributed by atoms with Crippen molar-refractivity contribution >= 4 is 5.78 Å². The monoisotopic (exact) mass is 736 g/mol. The van der Waals surface area contributed by atoms with Crippen LogP contribution in [-0.2, 0) is 4.79 Å². The number of ketones is 1. The number of aliphatic hydroxyl groups is 4. The minimum absolute atomic E-state index is 0.278. The first-order valence-electron chi connectivity index (χ1n) is 23.0. The molecular weight excluding hydrogens is 647 g/mol. The molecule has 0 bridgehead atoms. The molecule has 6 heteroatoms. The van der Waals surface area contributed by atoms with Gasteiger partial charge in [0.15, 0.2) is 0 Å². The maximum absolute atomic E-state index is 10.5. The number of carbonyl (C=O) groups excluding carboxylic acids is 1. The number of Topliss-reactive ketones (excluding diaryl/α,β-unsaturated/α-hetero) is 1. The van der Waals surface area contributed by atoms with Gasteiger partial charge in [-0.1, -0.05) is 110 Å². The molecule has 5 saturated carbocycles. The zero-order valence-corrected chi connectivity index (χ0v) is 34.8. The van der Waals surface area contributed by atoms with Crippen LogP contribution in [0.15, 0.2) is 0 Å². The van der Waals surface area contributed by atoms with Crippen LogP contribution >= 0.6 is 0 Å². The summed E-state index contributed by atoms with van der Waals surface area (Å²) in [5.41, 5.74) is 2.12. The molecule has 1 heterocycles. The van der Waals surface area contributed by atoms with Gasteiger partial charge >= 0.3 is 0 Å². The molecule has 6 aliphatic rings. The van der Waals surface area contributed by atoms with Gasteiger partial charge in [0.1, 0.15) is 5.78 Å². The highest BCUT2D eigenvalue weighted by molar-refractivity contribution is 5.78. The number of hydrogen-bond donors (Lipinski definition) is 5. The molecule has 1 aliphatic heterocycles. The van der Waals surface area contributed by atoms with Gasteiger partial charge in [0, 0.05) is 39.3 Å². The molecule has 0 atom stereocenters. The molecule has 52 heavy (non-hydrogen) atoms. The number of rotatable bonds is 10. The fraction of sp³-hybridized carbons (Fsp3) is 0.978. The van der Waals surface area contributed by atoms with Crippen molar-refractivity contribution in [2.24, 2.45) is 21.7 Å². The van der Waals surface area contributed by atoms with Gasteiger partial charge < -0.3 is 25.7 Å². The van der Waals surface area contributed by atoms with Gasteiger partial charge in [-0.2, -0.15) is 0 Å². The first kappa shape index (κ1) is 47.6. The summed E-state index contributed by atoms with van der Waals surface area (Å²) in [6.07, 6.45) is 42.1. The summed E-state index contributed by atoms with van der Waals surface area (Å²) in [5, 5.41) is 39.2. The van der Waals surface area contributed by atoms with E-state index in [-0.39, 0.29) is 37.3 Å². The highest BCUT2D eigenvalue weighted by atomic mass is 16.3. The summed E-state index contributed by atoms with van der Waals surface area (Å²) < 4.78 is 0. The van der Waals surface area contributed by atoms with Crippen LogP contribution in [0.5, 0.6) is 0 Å². The third-order valence-corrected chi connectivity index (χ3v) is 14.8. The van der Waals surface area contributed by atoms with Crippen molar-refractivity contribution < 1.29 is 25.2 Å². The maximum Gasteiger partial charge on any atom is 0.132 e. The third-order valence-electron chi connectivity index (χ3n) is 14.8. The summed E-state index contributed by atoms with van der Waals surface area (Å²) in [4.78, 5) is 10.5. The topological polar surface area (TPSA) is 110 Å². The van der Waals surface area contributed by atoms with E-state index in [0.717, 1.165) is 62.2 Å². The van der Waals surface area contributed by atoms with Gasteiger partial charge in [-0.3, -0.25) is 4.79 Å². The SMILES string of the molecule is C1CCC2(CC1)CCNCC2.CCC1(CC)CCCCC1.O=C1CCCCC1.OCCC1(CCO)CCCCC1.OCCC1(CCO)CCCCC1. The molecular formula is C46H89NO5. The molecule has 0 unspecified atom stereocenters. The second-order valence-corrected chi connectivity index (χ2v) is 18.2. The third kappa shape index (κ3) is 18.4. The Kier molecular flexibility index (Phi) is 25.6. The summed E-state index contributed by atoms with van der Waals surface area (Å²) in [6.45, 7) is 8.38. The van der Waals surface area contributed by atoms with Crippen molar-refractivity contribution in [1.29, 1.82) is 0 Å². The largest absolute Gasteiger partial charge is 0.396 e. The summed E-state index contributed by atoms with van der Waals surface area (Å²) >= 11 is 0. The lowest BCUT2D eigenvalue weighted by molar-refractivity contribution is -0.120. The number of piperidine rings is 1. The minimum atomic E-state index is 0.278. The zero-order chi connectivity index (χ0) is 37.9. The van der Waals surface area contributed by atoms with Crippen molar-refractivity contribution in [3.05, 3.63) is 0 Å². The normalized spacial score (nSPS) is 24.6. The van der Waals surface area contributed by atoms with Crippen molar-refractivity contribution in [2.75, 3.05) is 39.5 Å². The summed E-state index contributed by atoms with van der Waals surface area (Å²) in [5.74, 6) is 0.464.